The molecule has 0 bridgehead atoms. The van der Waals surface area contributed by atoms with Gasteiger partial charge in [0.05, 0.1) is 25.9 Å². The predicted octanol–water partition coefficient (Wildman–Crippen LogP) is 4.24. The zero-order valence-electron chi connectivity index (χ0n) is 14.3. The second-order valence-corrected chi connectivity index (χ2v) is 5.20. The molecule has 0 N–H and O–H groups in total. The first-order valence-electron chi connectivity index (χ1n) is 7.51. The van der Waals surface area contributed by atoms with Gasteiger partial charge in [-0.3, -0.25) is 0 Å². The average molecular weight is 377 g/mol. The van der Waals surface area contributed by atoms with Gasteiger partial charge in [0.2, 0.25) is 0 Å². The zero-order valence-corrected chi connectivity index (χ0v) is 14.3. The Balaban J connectivity index is 2.33. The first kappa shape index (κ1) is 19.8. The van der Waals surface area contributed by atoms with Gasteiger partial charge in [-0.1, -0.05) is 6.07 Å². The summed E-state index contributed by atoms with van der Waals surface area (Å²) in [5, 5.41) is 9.38. The topological polar surface area (TPSA) is 68.5 Å². The minimum atomic E-state index is -5.12. The SMILES string of the molecule is COc1ccc(/C(C#N)=C\c2ccc(OC(=O)C(F)(F)F)c(OC)c2)cc1. The molecule has 5 nitrogen and oxygen atoms in total. The van der Waals surface area contributed by atoms with Crippen LogP contribution in [0.5, 0.6) is 17.2 Å². The molecular weight excluding hydrogens is 363 g/mol. The van der Waals surface area contributed by atoms with Crippen molar-refractivity contribution in [2.45, 2.75) is 6.18 Å². The van der Waals surface area contributed by atoms with E-state index in [4.69, 9.17) is 9.47 Å². The molecule has 0 radical (unpaired) electrons. The van der Waals surface area contributed by atoms with Crippen LogP contribution in [0, 0.1) is 11.3 Å². The molecule has 2 rings (SSSR count). The summed E-state index contributed by atoms with van der Waals surface area (Å²) in [6.45, 7) is 0. The van der Waals surface area contributed by atoms with Gasteiger partial charge < -0.3 is 14.2 Å². The molecule has 0 aliphatic heterocycles. The number of ether oxygens (including phenoxy) is 3. The lowest BCUT2D eigenvalue weighted by molar-refractivity contribution is -0.189. The summed E-state index contributed by atoms with van der Waals surface area (Å²) >= 11 is 0. The molecule has 0 saturated carbocycles. The molecule has 2 aromatic rings. The van der Waals surface area contributed by atoms with Gasteiger partial charge in [-0.25, -0.2) is 4.79 Å². The van der Waals surface area contributed by atoms with Crippen molar-refractivity contribution in [3.8, 4) is 23.3 Å². The molecule has 0 heterocycles. The molecule has 0 aliphatic carbocycles. The number of hydrogen-bond acceptors (Lipinski definition) is 5. The van der Waals surface area contributed by atoms with Gasteiger partial charge in [0.25, 0.3) is 0 Å². The van der Waals surface area contributed by atoms with Crippen molar-refractivity contribution in [3.05, 3.63) is 53.6 Å². The monoisotopic (exact) mass is 377 g/mol. The first-order valence-corrected chi connectivity index (χ1v) is 7.51. The van der Waals surface area contributed by atoms with Crippen LogP contribution < -0.4 is 14.2 Å². The number of halogens is 3. The van der Waals surface area contributed by atoms with Crippen LogP contribution in [0.15, 0.2) is 42.5 Å². The lowest BCUT2D eigenvalue weighted by Gasteiger charge is -2.11. The summed E-state index contributed by atoms with van der Waals surface area (Å²) < 4.78 is 51.4. The van der Waals surface area contributed by atoms with Crippen LogP contribution in [0.4, 0.5) is 13.2 Å². The summed E-state index contributed by atoms with van der Waals surface area (Å²) in [6, 6.07) is 12.8. The highest BCUT2D eigenvalue weighted by molar-refractivity contribution is 5.90. The van der Waals surface area contributed by atoms with E-state index >= 15 is 0 Å². The van der Waals surface area contributed by atoms with Gasteiger partial charge in [-0.15, -0.1) is 0 Å². The normalized spacial score (nSPS) is 11.5. The maximum atomic E-state index is 12.3. The van der Waals surface area contributed by atoms with E-state index in [-0.39, 0.29) is 11.5 Å². The van der Waals surface area contributed by atoms with E-state index in [0.29, 0.717) is 22.4 Å². The lowest BCUT2D eigenvalue weighted by atomic mass is 10.0. The van der Waals surface area contributed by atoms with Crippen LogP contribution in [0.2, 0.25) is 0 Å². The maximum Gasteiger partial charge on any atom is 0.491 e. The van der Waals surface area contributed by atoms with Crippen molar-refractivity contribution in [2.75, 3.05) is 14.2 Å². The van der Waals surface area contributed by atoms with Crippen LogP contribution in [0.25, 0.3) is 11.6 Å². The Kier molecular flexibility index (Phi) is 6.08. The number of methoxy groups -OCH3 is 2. The van der Waals surface area contributed by atoms with Crippen LogP contribution in [-0.4, -0.2) is 26.4 Å². The predicted molar refractivity (Wildman–Crippen MR) is 91.2 cm³/mol. The van der Waals surface area contributed by atoms with Gasteiger partial charge in [-0.2, -0.15) is 18.4 Å². The molecule has 140 valence electrons. The van der Waals surface area contributed by atoms with Gasteiger partial charge in [0, 0.05) is 0 Å². The molecule has 8 heteroatoms. The number of nitriles is 1. The molecule has 0 fully saturated rings. The first-order chi connectivity index (χ1) is 12.8. The fourth-order valence-electron chi connectivity index (χ4n) is 2.13. The molecule has 0 atom stereocenters. The number of hydrogen-bond donors (Lipinski definition) is 0. The van der Waals surface area contributed by atoms with Crippen molar-refractivity contribution >= 4 is 17.6 Å². The van der Waals surface area contributed by atoms with Gasteiger partial charge >= 0.3 is 12.1 Å². The Labute approximate surface area is 153 Å². The Morgan fingerprint density at radius 1 is 1.04 bits per heavy atom. The van der Waals surface area contributed by atoms with Crippen molar-refractivity contribution in [3.63, 3.8) is 0 Å². The smallest absolute Gasteiger partial charge is 0.491 e. The summed E-state index contributed by atoms with van der Waals surface area (Å²) in [5.41, 5.74) is 1.43. The van der Waals surface area contributed by atoms with E-state index in [2.05, 4.69) is 10.8 Å². The summed E-state index contributed by atoms with van der Waals surface area (Å²) in [6.07, 6.45) is -3.59. The van der Waals surface area contributed by atoms with Crippen LogP contribution in [-0.2, 0) is 4.79 Å². The highest BCUT2D eigenvalue weighted by atomic mass is 19.4. The number of rotatable bonds is 5. The van der Waals surface area contributed by atoms with Gasteiger partial charge in [0.1, 0.15) is 5.75 Å². The van der Waals surface area contributed by atoms with E-state index in [0.717, 1.165) is 6.07 Å². The number of alkyl halides is 3. The van der Waals surface area contributed by atoms with Crippen molar-refractivity contribution in [1.82, 2.24) is 0 Å². The molecule has 0 unspecified atom stereocenters. The third kappa shape index (κ3) is 5.01. The van der Waals surface area contributed by atoms with E-state index in [1.807, 2.05) is 0 Å². The van der Waals surface area contributed by atoms with E-state index in [1.54, 1.807) is 24.3 Å². The second-order valence-electron chi connectivity index (χ2n) is 5.20. The number of benzene rings is 2. The molecule has 2 aromatic carbocycles. The third-order valence-electron chi connectivity index (χ3n) is 3.45. The highest BCUT2D eigenvalue weighted by Crippen LogP contribution is 2.31. The second kappa shape index (κ2) is 8.27. The van der Waals surface area contributed by atoms with Crippen molar-refractivity contribution in [2.24, 2.45) is 0 Å². The van der Waals surface area contributed by atoms with Crippen molar-refractivity contribution in [1.29, 1.82) is 5.26 Å². The number of carbonyl (C=O) groups excluding carboxylic acids is 1. The zero-order chi connectivity index (χ0) is 20.0. The largest absolute Gasteiger partial charge is 0.497 e. The van der Waals surface area contributed by atoms with Crippen LogP contribution >= 0.6 is 0 Å². The summed E-state index contributed by atoms with van der Waals surface area (Å²) in [5.74, 6) is -2.16. The fraction of sp³-hybridized carbons (Fsp3) is 0.158. The average Bonchev–Trinajstić information content (AvgIpc) is 2.66. The number of carbonyl (C=O) groups is 1. The molecule has 0 aromatic heterocycles. The maximum absolute atomic E-state index is 12.3. The Morgan fingerprint density at radius 3 is 2.22 bits per heavy atom. The number of nitrogens with zero attached hydrogens (tertiary/aromatic N) is 1. The molecule has 0 aliphatic rings. The Bertz CT molecular complexity index is 897. The standard InChI is InChI=1S/C19H14F3NO4/c1-25-15-6-4-13(5-7-15)14(11-23)9-12-3-8-16(17(10-12)26-2)27-18(24)19(20,21)22/h3-10H,1-2H3/b14-9-. The number of allylic oxidation sites excluding steroid dienone is 1. The van der Waals surface area contributed by atoms with E-state index < -0.39 is 12.1 Å². The Morgan fingerprint density at radius 2 is 1.70 bits per heavy atom. The molecule has 0 amide bonds. The third-order valence-corrected chi connectivity index (χ3v) is 3.45. The summed E-state index contributed by atoms with van der Waals surface area (Å²) in [4.78, 5) is 11.0. The Hall–Kier alpha value is -3.47. The fourth-order valence-corrected chi connectivity index (χ4v) is 2.13. The van der Waals surface area contributed by atoms with Gasteiger partial charge in [-0.05, 0) is 53.6 Å². The lowest BCUT2D eigenvalue weighted by Crippen LogP contribution is -2.28. The highest BCUT2D eigenvalue weighted by Gasteiger charge is 2.41. The number of esters is 1. The molecule has 0 spiro atoms. The molecular formula is C19H14F3NO4. The molecule has 0 saturated heterocycles. The molecule has 27 heavy (non-hydrogen) atoms. The van der Waals surface area contributed by atoms with Gasteiger partial charge in [0.15, 0.2) is 11.5 Å². The minimum Gasteiger partial charge on any atom is -0.497 e. The van der Waals surface area contributed by atoms with Crippen LogP contribution in [0.3, 0.4) is 0 Å². The summed E-state index contributed by atoms with van der Waals surface area (Å²) in [7, 11) is 2.75. The minimum absolute atomic E-state index is 0.0756. The van der Waals surface area contributed by atoms with Crippen LogP contribution in [0.1, 0.15) is 11.1 Å². The quantitative estimate of drug-likeness (QED) is 0.337. The van der Waals surface area contributed by atoms with Crippen molar-refractivity contribution < 1.29 is 32.2 Å². The van der Waals surface area contributed by atoms with E-state index in [1.165, 1.54) is 32.4 Å². The van der Waals surface area contributed by atoms with E-state index in [9.17, 15) is 23.2 Å².